The highest BCUT2D eigenvalue weighted by Crippen LogP contribution is 2.28. The molecule has 0 aliphatic heterocycles. The number of carbonyl (C=O) groups is 1. The van der Waals surface area contributed by atoms with Crippen LogP contribution in [0.2, 0.25) is 0 Å². The van der Waals surface area contributed by atoms with Gasteiger partial charge in [-0.05, 0) is 23.8 Å². The molecule has 0 saturated carbocycles. The van der Waals surface area contributed by atoms with Crippen LogP contribution in [0.3, 0.4) is 0 Å². The van der Waals surface area contributed by atoms with Gasteiger partial charge in [-0.15, -0.1) is 0 Å². The second-order valence-corrected chi connectivity index (χ2v) is 6.11. The third kappa shape index (κ3) is 2.93. The van der Waals surface area contributed by atoms with Gasteiger partial charge in [-0.3, -0.25) is 4.55 Å². The second kappa shape index (κ2) is 5.62. The maximum atomic E-state index is 13.4. The Morgan fingerprint density at radius 3 is 2.41 bits per heavy atom. The first kappa shape index (κ1) is 16.3. The number of fused-ring (bicyclic) bond motifs is 1. The molecule has 1 atom stereocenters. The lowest BCUT2D eigenvalue weighted by molar-refractivity contribution is -0.0548. The van der Waals surface area contributed by atoms with Crippen molar-refractivity contribution in [1.29, 1.82) is 0 Å². The Hall–Kier alpha value is -2.06. The lowest BCUT2D eigenvalue weighted by atomic mass is 10.0. The molecule has 1 N–H and O–H groups in total. The standard InChI is InChI=1S/C14H12F2O5S/c1-9(14(15,16)22(18,19)20)21-13(17)12-8-4-6-10-5-2-3-7-11(10)12/h2-9H,1H3,(H,18,19,20). The van der Waals surface area contributed by atoms with Crippen molar-refractivity contribution < 1.29 is 31.3 Å². The van der Waals surface area contributed by atoms with E-state index in [1.807, 2.05) is 0 Å². The van der Waals surface area contributed by atoms with Gasteiger partial charge in [-0.25, -0.2) is 4.79 Å². The van der Waals surface area contributed by atoms with Crippen molar-refractivity contribution in [3.05, 3.63) is 48.0 Å². The molecule has 8 heteroatoms. The molecule has 0 heterocycles. The summed E-state index contributed by atoms with van der Waals surface area (Å²) in [4.78, 5) is 12.0. The topological polar surface area (TPSA) is 80.7 Å². The van der Waals surface area contributed by atoms with Crippen LogP contribution in [-0.2, 0) is 14.9 Å². The first-order valence-corrected chi connectivity index (χ1v) is 7.62. The number of carbonyl (C=O) groups excluding carboxylic acids is 1. The quantitative estimate of drug-likeness (QED) is 0.689. The van der Waals surface area contributed by atoms with E-state index in [0.29, 0.717) is 17.7 Å². The fourth-order valence-corrected chi connectivity index (χ4v) is 2.37. The molecule has 0 fully saturated rings. The van der Waals surface area contributed by atoms with Crippen LogP contribution in [0.4, 0.5) is 8.78 Å². The largest absolute Gasteiger partial charge is 0.451 e. The number of halogens is 2. The SMILES string of the molecule is CC(OC(=O)c1cccc2ccccc12)C(F)(F)S(=O)(=O)O. The van der Waals surface area contributed by atoms with Gasteiger partial charge >= 0.3 is 21.3 Å². The van der Waals surface area contributed by atoms with E-state index in [0.717, 1.165) is 0 Å². The van der Waals surface area contributed by atoms with E-state index < -0.39 is 27.4 Å². The lowest BCUT2D eigenvalue weighted by Crippen LogP contribution is -2.42. The molecule has 0 aliphatic carbocycles. The van der Waals surface area contributed by atoms with Gasteiger partial charge in [0.2, 0.25) is 0 Å². The van der Waals surface area contributed by atoms with Crippen molar-refractivity contribution in [3.8, 4) is 0 Å². The van der Waals surface area contributed by atoms with E-state index in [1.165, 1.54) is 6.07 Å². The van der Waals surface area contributed by atoms with Crippen molar-refractivity contribution in [2.45, 2.75) is 18.3 Å². The number of hydrogen-bond donors (Lipinski definition) is 1. The summed E-state index contributed by atoms with van der Waals surface area (Å²) in [6.07, 6.45) is -2.34. The zero-order valence-electron chi connectivity index (χ0n) is 11.4. The summed E-state index contributed by atoms with van der Waals surface area (Å²) >= 11 is 0. The summed E-state index contributed by atoms with van der Waals surface area (Å²) in [7, 11) is -5.68. The van der Waals surface area contributed by atoms with Gasteiger partial charge in [0.25, 0.3) is 0 Å². The van der Waals surface area contributed by atoms with Crippen LogP contribution in [0.25, 0.3) is 10.8 Å². The third-order valence-corrected chi connectivity index (χ3v) is 4.13. The number of hydrogen-bond acceptors (Lipinski definition) is 4. The van der Waals surface area contributed by atoms with E-state index >= 15 is 0 Å². The van der Waals surface area contributed by atoms with E-state index in [-0.39, 0.29) is 5.56 Å². The number of alkyl halides is 2. The van der Waals surface area contributed by atoms with Crippen LogP contribution in [0.15, 0.2) is 42.5 Å². The number of benzene rings is 2. The zero-order chi connectivity index (χ0) is 16.5. The average molecular weight is 330 g/mol. The first-order valence-electron chi connectivity index (χ1n) is 6.18. The van der Waals surface area contributed by atoms with Crippen molar-refractivity contribution in [3.63, 3.8) is 0 Å². The minimum Gasteiger partial charge on any atom is -0.451 e. The minimum absolute atomic E-state index is 0.0242. The molecule has 0 amide bonds. The van der Waals surface area contributed by atoms with Crippen LogP contribution in [0, 0.1) is 0 Å². The summed E-state index contributed by atoms with van der Waals surface area (Å²) in [6.45, 7) is 0.691. The van der Waals surface area contributed by atoms with Gasteiger partial charge in [0.15, 0.2) is 6.10 Å². The molecular weight excluding hydrogens is 318 g/mol. The Morgan fingerprint density at radius 1 is 1.18 bits per heavy atom. The Labute approximate surface area is 125 Å². The molecule has 0 spiro atoms. The zero-order valence-corrected chi connectivity index (χ0v) is 12.2. The molecule has 0 aromatic heterocycles. The molecule has 0 radical (unpaired) electrons. The number of ether oxygens (including phenoxy) is 1. The van der Waals surface area contributed by atoms with Crippen LogP contribution >= 0.6 is 0 Å². The molecule has 118 valence electrons. The highest BCUT2D eigenvalue weighted by Gasteiger charge is 2.52. The summed E-state index contributed by atoms with van der Waals surface area (Å²) in [5.74, 6) is -1.10. The maximum Gasteiger partial charge on any atom is 0.405 e. The van der Waals surface area contributed by atoms with Crippen molar-refractivity contribution >= 4 is 26.9 Å². The fraction of sp³-hybridized carbons (Fsp3) is 0.214. The van der Waals surface area contributed by atoms with Crippen LogP contribution in [-0.4, -0.2) is 30.3 Å². The first-order chi connectivity index (χ1) is 10.1. The van der Waals surface area contributed by atoms with Crippen LogP contribution in [0.5, 0.6) is 0 Å². The van der Waals surface area contributed by atoms with Gasteiger partial charge in [0.1, 0.15) is 0 Å². The normalized spacial score (nSPS) is 13.8. The van der Waals surface area contributed by atoms with Gasteiger partial charge in [0.05, 0.1) is 5.56 Å². The Morgan fingerprint density at radius 2 is 1.77 bits per heavy atom. The third-order valence-electron chi connectivity index (χ3n) is 3.11. The van der Waals surface area contributed by atoms with Gasteiger partial charge < -0.3 is 4.74 Å². The molecule has 2 aromatic carbocycles. The van der Waals surface area contributed by atoms with E-state index in [1.54, 1.807) is 36.4 Å². The van der Waals surface area contributed by atoms with Crippen molar-refractivity contribution in [1.82, 2.24) is 0 Å². The molecule has 1 unspecified atom stereocenters. The molecule has 0 saturated heterocycles. The van der Waals surface area contributed by atoms with Crippen LogP contribution in [0.1, 0.15) is 17.3 Å². The Bertz CT molecular complexity index is 812. The van der Waals surface area contributed by atoms with Crippen molar-refractivity contribution in [2.75, 3.05) is 0 Å². The summed E-state index contributed by atoms with van der Waals surface area (Å²) < 4.78 is 61.1. The predicted octanol–water partition coefficient (Wildman–Crippen LogP) is 2.87. The van der Waals surface area contributed by atoms with E-state index in [4.69, 9.17) is 4.55 Å². The predicted molar refractivity (Wildman–Crippen MR) is 75.3 cm³/mol. The highest BCUT2D eigenvalue weighted by molar-refractivity contribution is 7.86. The summed E-state index contributed by atoms with van der Waals surface area (Å²) in [6, 6.07) is 11.4. The van der Waals surface area contributed by atoms with Gasteiger partial charge in [0, 0.05) is 0 Å². The van der Waals surface area contributed by atoms with Gasteiger partial charge in [-0.1, -0.05) is 36.4 Å². The molecule has 0 bridgehead atoms. The minimum atomic E-state index is -5.68. The number of esters is 1. The molecule has 0 aliphatic rings. The molecule has 2 aromatic rings. The second-order valence-electron chi connectivity index (χ2n) is 4.61. The molecular formula is C14H12F2O5S. The van der Waals surface area contributed by atoms with Crippen LogP contribution < -0.4 is 0 Å². The molecule has 2 rings (SSSR count). The monoisotopic (exact) mass is 330 g/mol. The fourth-order valence-electron chi connectivity index (χ4n) is 1.91. The smallest absolute Gasteiger partial charge is 0.405 e. The van der Waals surface area contributed by atoms with E-state index in [9.17, 15) is 22.0 Å². The summed E-state index contributed by atoms with van der Waals surface area (Å²) in [5.41, 5.74) is 0.0242. The maximum absolute atomic E-state index is 13.4. The Kier molecular flexibility index (Phi) is 4.17. The summed E-state index contributed by atoms with van der Waals surface area (Å²) in [5, 5.41) is -3.41. The average Bonchev–Trinajstić information content (AvgIpc) is 2.45. The highest BCUT2D eigenvalue weighted by atomic mass is 32.2. The van der Waals surface area contributed by atoms with Gasteiger partial charge in [-0.2, -0.15) is 17.2 Å². The van der Waals surface area contributed by atoms with E-state index in [2.05, 4.69) is 4.74 Å². The molecule has 5 nitrogen and oxygen atoms in total. The lowest BCUT2D eigenvalue weighted by Gasteiger charge is -2.21. The molecule has 22 heavy (non-hydrogen) atoms. The van der Waals surface area contributed by atoms with Crippen molar-refractivity contribution in [2.24, 2.45) is 0 Å². The Balaban J connectivity index is 2.33. The number of rotatable bonds is 4.